The molecule has 1 aliphatic carbocycles. The van der Waals surface area contributed by atoms with Gasteiger partial charge in [0.15, 0.2) is 5.03 Å². The summed E-state index contributed by atoms with van der Waals surface area (Å²) in [4.78, 5) is 0. The Hall–Kier alpha value is -0.880. The van der Waals surface area contributed by atoms with Crippen molar-refractivity contribution in [2.75, 3.05) is 6.54 Å². The number of hydrogen-bond donors (Lipinski definition) is 2. The summed E-state index contributed by atoms with van der Waals surface area (Å²) in [5, 5.41) is 6.18. The molecule has 0 bridgehead atoms. The van der Waals surface area contributed by atoms with Crippen LogP contribution in [0.2, 0.25) is 0 Å². The quantitative estimate of drug-likeness (QED) is 0.711. The lowest BCUT2D eigenvalue weighted by atomic mass is 10.2. The van der Waals surface area contributed by atoms with Crippen LogP contribution in [0, 0.1) is 5.92 Å². The monoisotopic (exact) mass is 229 g/mol. The molecule has 0 radical (unpaired) electrons. The highest BCUT2D eigenvalue weighted by Crippen LogP contribution is 2.33. The van der Waals surface area contributed by atoms with Gasteiger partial charge in [0.25, 0.3) is 10.0 Å². The second-order valence-electron chi connectivity index (χ2n) is 3.90. The van der Waals surface area contributed by atoms with Crippen LogP contribution in [0.25, 0.3) is 0 Å². The van der Waals surface area contributed by atoms with E-state index < -0.39 is 10.0 Å². The topological polar surface area (TPSA) is 74.8 Å². The zero-order valence-corrected chi connectivity index (χ0v) is 9.26. The third kappa shape index (κ3) is 3.04. The van der Waals surface area contributed by atoms with Gasteiger partial charge in [-0.25, -0.2) is 13.1 Å². The van der Waals surface area contributed by atoms with Gasteiger partial charge in [-0.3, -0.25) is 5.10 Å². The lowest BCUT2D eigenvalue weighted by Crippen LogP contribution is -2.25. The third-order valence-corrected chi connectivity index (χ3v) is 3.93. The highest BCUT2D eigenvalue weighted by Gasteiger charge is 2.21. The number of aromatic amines is 1. The van der Waals surface area contributed by atoms with E-state index in [1.165, 1.54) is 25.1 Å². The average molecular weight is 229 g/mol. The Morgan fingerprint density at radius 2 is 2.33 bits per heavy atom. The summed E-state index contributed by atoms with van der Waals surface area (Å²) in [5.74, 6) is 0.849. The molecule has 2 N–H and O–H groups in total. The lowest BCUT2D eigenvalue weighted by Gasteiger charge is -2.03. The van der Waals surface area contributed by atoms with Crippen molar-refractivity contribution in [3.05, 3.63) is 12.3 Å². The number of nitrogens with one attached hydrogen (secondary N) is 2. The molecule has 0 unspecified atom stereocenters. The zero-order chi connectivity index (χ0) is 10.7. The molecule has 6 heteroatoms. The third-order valence-electron chi connectivity index (χ3n) is 2.54. The van der Waals surface area contributed by atoms with Crippen molar-refractivity contribution in [2.45, 2.75) is 30.7 Å². The van der Waals surface area contributed by atoms with Crippen LogP contribution in [0.15, 0.2) is 17.3 Å². The summed E-state index contributed by atoms with van der Waals surface area (Å²) in [5.41, 5.74) is 0. The average Bonchev–Trinajstić information content (AvgIpc) is 2.83. The summed E-state index contributed by atoms with van der Waals surface area (Å²) in [7, 11) is -3.36. The second kappa shape index (κ2) is 4.32. The van der Waals surface area contributed by atoms with Gasteiger partial charge in [0, 0.05) is 6.54 Å². The Labute approximate surface area is 89.3 Å². The Morgan fingerprint density at radius 1 is 1.53 bits per heavy atom. The van der Waals surface area contributed by atoms with Gasteiger partial charge in [-0.05, 0) is 24.8 Å². The van der Waals surface area contributed by atoms with E-state index in [0.29, 0.717) is 6.54 Å². The summed E-state index contributed by atoms with van der Waals surface area (Å²) in [6.45, 7) is 0.512. The number of sulfonamides is 1. The van der Waals surface area contributed by atoms with E-state index in [0.717, 1.165) is 18.8 Å². The summed E-state index contributed by atoms with van der Waals surface area (Å²) >= 11 is 0. The largest absolute Gasteiger partial charge is 0.266 e. The predicted molar refractivity (Wildman–Crippen MR) is 55.7 cm³/mol. The molecular weight excluding hydrogens is 214 g/mol. The highest BCUT2D eigenvalue weighted by molar-refractivity contribution is 7.89. The number of rotatable bonds is 6. The molecule has 15 heavy (non-hydrogen) atoms. The van der Waals surface area contributed by atoms with E-state index in [4.69, 9.17) is 0 Å². The zero-order valence-electron chi connectivity index (χ0n) is 8.44. The lowest BCUT2D eigenvalue weighted by molar-refractivity contribution is 0.568. The maximum absolute atomic E-state index is 11.6. The molecule has 0 spiro atoms. The fourth-order valence-corrected chi connectivity index (χ4v) is 2.46. The van der Waals surface area contributed by atoms with Gasteiger partial charge >= 0.3 is 0 Å². The Balaban J connectivity index is 1.77. The first-order chi connectivity index (χ1) is 7.18. The van der Waals surface area contributed by atoms with Crippen LogP contribution in [0.4, 0.5) is 0 Å². The first-order valence-electron chi connectivity index (χ1n) is 5.17. The fraction of sp³-hybridized carbons (Fsp3) is 0.667. The Bertz CT molecular complexity index is 395. The van der Waals surface area contributed by atoms with Gasteiger partial charge in [0.2, 0.25) is 0 Å². The molecule has 1 aromatic rings. The molecule has 0 aromatic carbocycles. The molecule has 2 rings (SSSR count). The summed E-state index contributed by atoms with van der Waals surface area (Å²) in [6.07, 6.45) is 6.10. The molecule has 1 heterocycles. The van der Waals surface area contributed by atoms with Crippen molar-refractivity contribution in [3.63, 3.8) is 0 Å². The van der Waals surface area contributed by atoms with E-state index in [-0.39, 0.29) is 5.03 Å². The normalized spacial score (nSPS) is 16.8. The number of nitrogens with zero attached hydrogens (tertiary/aromatic N) is 1. The van der Waals surface area contributed by atoms with E-state index in [2.05, 4.69) is 14.9 Å². The minimum atomic E-state index is -3.36. The predicted octanol–water partition coefficient (Wildman–Crippen LogP) is 0.878. The molecule has 0 atom stereocenters. The maximum atomic E-state index is 11.6. The Kier molecular flexibility index (Phi) is 3.06. The standard InChI is InChI=1S/C9H15N3O2S/c13-15(14,9-5-7-10-12-9)11-6-1-2-8-3-4-8/h5,7-8,11H,1-4,6H2,(H,10,12). The van der Waals surface area contributed by atoms with Crippen LogP contribution in [0.3, 0.4) is 0 Å². The molecule has 1 fully saturated rings. The van der Waals surface area contributed by atoms with Crippen molar-refractivity contribution in [1.29, 1.82) is 0 Å². The molecule has 5 nitrogen and oxygen atoms in total. The van der Waals surface area contributed by atoms with Crippen LogP contribution < -0.4 is 4.72 Å². The van der Waals surface area contributed by atoms with E-state index >= 15 is 0 Å². The van der Waals surface area contributed by atoms with Crippen molar-refractivity contribution >= 4 is 10.0 Å². The molecule has 0 aliphatic heterocycles. The van der Waals surface area contributed by atoms with Gasteiger partial charge < -0.3 is 0 Å². The summed E-state index contributed by atoms with van der Waals surface area (Å²) < 4.78 is 25.7. The minimum absolute atomic E-state index is 0.133. The van der Waals surface area contributed by atoms with E-state index in [1.807, 2.05) is 0 Å². The van der Waals surface area contributed by atoms with Gasteiger partial charge in [-0.2, -0.15) is 5.10 Å². The van der Waals surface area contributed by atoms with Gasteiger partial charge in [0.1, 0.15) is 0 Å². The van der Waals surface area contributed by atoms with Gasteiger partial charge in [-0.15, -0.1) is 0 Å². The highest BCUT2D eigenvalue weighted by atomic mass is 32.2. The van der Waals surface area contributed by atoms with Crippen molar-refractivity contribution in [1.82, 2.24) is 14.9 Å². The second-order valence-corrected chi connectivity index (χ2v) is 5.64. The molecule has 1 aromatic heterocycles. The first-order valence-corrected chi connectivity index (χ1v) is 6.66. The van der Waals surface area contributed by atoms with Crippen LogP contribution in [0.1, 0.15) is 25.7 Å². The molecule has 84 valence electrons. The van der Waals surface area contributed by atoms with Gasteiger partial charge in [-0.1, -0.05) is 12.8 Å². The fourth-order valence-electron chi connectivity index (χ4n) is 1.47. The van der Waals surface area contributed by atoms with Crippen molar-refractivity contribution in [2.24, 2.45) is 5.92 Å². The number of H-pyrrole nitrogens is 1. The number of hydrogen-bond acceptors (Lipinski definition) is 3. The molecule has 1 aliphatic rings. The minimum Gasteiger partial charge on any atom is -0.266 e. The molecular formula is C9H15N3O2S. The SMILES string of the molecule is O=S(=O)(NCCCC1CC1)c1ccn[nH]1. The van der Waals surface area contributed by atoms with E-state index in [9.17, 15) is 8.42 Å². The van der Waals surface area contributed by atoms with Crippen LogP contribution in [-0.4, -0.2) is 25.2 Å². The van der Waals surface area contributed by atoms with Crippen LogP contribution in [0.5, 0.6) is 0 Å². The van der Waals surface area contributed by atoms with Crippen molar-refractivity contribution in [3.8, 4) is 0 Å². The number of aromatic nitrogens is 2. The Morgan fingerprint density at radius 3 is 2.93 bits per heavy atom. The van der Waals surface area contributed by atoms with Gasteiger partial charge in [0.05, 0.1) is 6.20 Å². The van der Waals surface area contributed by atoms with Crippen molar-refractivity contribution < 1.29 is 8.42 Å². The smallest absolute Gasteiger partial charge is 0.257 e. The van der Waals surface area contributed by atoms with Crippen LogP contribution >= 0.6 is 0 Å². The maximum Gasteiger partial charge on any atom is 0.257 e. The molecule has 0 saturated heterocycles. The first kappa shape index (κ1) is 10.6. The summed E-state index contributed by atoms with van der Waals surface area (Å²) in [6, 6.07) is 1.45. The van der Waals surface area contributed by atoms with Crippen LogP contribution in [-0.2, 0) is 10.0 Å². The molecule has 1 saturated carbocycles. The van der Waals surface area contributed by atoms with E-state index in [1.54, 1.807) is 0 Å². The molecule has 0 amide bonds.